The fourth-order valence-corrected chi connectivity index (χ4v) is 3.25. The Bertz CT molecular complexity index is 1110. The van der Waals surface area contributed by atoms with Crippen LogP contribution in [0, 0.1) is 25.5 Å². The van der Waals surface area contributed by atoms with Gasteiger partial charge in [-0.15, -0.1) is 0 Å². The number of nitrogens with one attached hydrogen (secondary N) is 2. The molecule has 1 atom stereocenters. The van der Waals surface area contributed by atoms with E-state index in [0.29, 0.717) is 11.3 Å². The van der Waals surface area contributed by atoms with Crippen LogP contribution in [0.2, 0.25) is 0 Å². The average Bonchev–Trinajstić information content (AvgIpc) is 2.93. The number of carbonyl (C=O) groups excluding carboxylic acids is 2. The van der Waals surface area contributed by atoms with E-state index in [1.807, 2.05) is 0 Å². The summed E-state index contributed by atoms with van der Waals surface area (Å²) in [4.78, 5) is 29.2. The molecule has 0 aliphatic carbocycles. The number of amides is 2. The van der Waals surface area contributed by atoms with Crippen molar-refractivity contribution in [2.24, 2.45) is 7.05 Å². The molecule has 2 amide bonds. The second-order valence-corrected chi connectivity index (χ2v) is 6.72. The van der Waals surface area contributed by atoms with Gasteiger partial charge in [0.15, 0.2) is 17.7 Å². The number of aliphatic hydroxyl groups excluding tert-OH is 1. The molecule has 3 rings (SSSR count). The van der Waals surface area contributed by atoms with Crippen molar-refractivity contribution < 1.29 is 23.5 Å². The van der Waals surface area contributed by atoms with Gasteiger partial charge in [0, 0.05) is 36.3 Å². The number of hydrogen-bond donors (Lipinski definition) is 3. The van der Waals surface area contributed by atoms with E-state index in [-0.39, 0.29) is 22.8 Å². The molecular formula is C21H20F2N4O3. The maximum absolute atomic E-state index is 13.4. The molecule has 1 unspecified atom stereocenters. The highest BCUT2D eigenvalue weighted by atomic mass is 19.2. The molecule has 1 aromatic carbocycles. The van der Waals surface area contributed by atoms with E-state index in [1.165, 1.54) is 16.8 Å². The van der Waals surface area contributed by atoms with Gasteiger partial charge in [-0.2, -0.15) is 0 Å². The predicted molar refractivity (Wildman–Crippen MR) is 107 cm³/mol. The Morgan fingerprint density at radius 1 is 1.10 bits per heavy atom. The quantitative estimate of drug-likeness (QED) is 0.597. The fraction of sp³-hybridized carbons (Fsp3) is 0.190. The summed E-state index contributed by atoms with van der Waals surface area (Å²) in [5.41, 5.74) is 1.43. The number of carbonyl (C=O) groups is 2. The minimum Gasteiger partial charge on any atom is -0.378 e. The van der Waals surface area contributed by atoms with Crippen LogP contribution in [0.1, 0.15) is 33.4 Å². The molecule has 3 aromatic rings. The van der Waals surface area contributed by atoms with Crippen molar-refractivity contribution in [2.75, 3.05) is 10.6 Å². The van der Waals surface area contributed by atoms with Gasteiger partial charge < -0.3 is 20.3 Å². The van der Waals surface area contributed by atoms with Gasteiger partial charge in [0.2, 0.25) is 0 Å². The van der Waals surface area contributed by atoms with Gasteiger partial charge in [-0.3, -0.25) is 9.59 Å². The molecule has 30 heavy (non-hydrogen) atoms. The zero-order valence-corrected chi connectivity index (χ0v) is 16.5. The summed E-state index contributed by atoms with van der Waals surface area (Å²) < 4.78 is 28.0. The van der Waals surface area contributed by atoms with Crippen molar-refractivity contribution in [2.45, 2.75) is 20.0 Å². The lowest BCUT2D eigenvalue weighted by Crippen LogP contribution is -2.22. The van der Waals surface area contributed by atoms with Crippen LogP contribution in [0.25, 0.3) is 0 Å². The van der Waals surface area contributed by atoms with Crippen LogP contribution in [0.15, 0.2) is 42.6 Å². The first-order valence-electron chi connectivity index (χ1n) is 9.02. The summed E-state index contributed by atoms with van der Waals surface area (Å²) in [5.74, 6) is -3.12. The van der Waals surface area contributed by atoms with Crippen LogP contribution in [0.4, 0.5) is 20.3 Å². The van der Waals surface area contributed by atoms with E-state index in [4.69, 9.17) is 0 Å². The molecule has 0 saturated heterocycles. The van der Waals surface area contributed by atoms with Crippen LogP contribution in [0.3, 0.4) is 0 Å². The Labute approximate surface area is 171 Å². The molecule has 2 heterocycles. The number of aromatic nitrogens is 2. The fourth-order valence-electron chi connectivity index (χ4n) is 3.25. The Kier molecular flexibility index (Phi) is 5.93. The molecule has 0 radical (unpaired) electrons. The van der Waals surface area contributed by atoms with E-state index >= 15 is 0 Å². The minimum absolute atomic E-state index is 0.0761. The predicted octanol–water partition coefficient (Wildman–Crippen LogP) is 3.24. The second kappa shape index (κ2) is 8.42. The summed E-state index contributed by atoms with van der Waals surface area (Å²) in [6.07, 6.45) is -0.0371. The number of benzene rings is 1. The lowest BCUT2D eigenvalue weighted by Gasteiger charge is -2.12. The summed E-state index contributed by atoms with van der Waals surface area (Å²) in [6, 6.07) is 7.97. The maximum Gasteiger partial charge on any atom is 0.272 e. The highest BCUT2D eigenvalue weighted by Crippen LogP contribution is 2.29. The van der Waals surface area contributed by atoms with Crippen LogP contribution < -0.4 is 10.6 Å². The van der Waals surface area contributed by atoms with Crippen molar-refractivity contribution in [3.8, 4) is 0 Å². The summed E-state index contributed by atoms with van der Waals surface area (Å²) in [7, 11) is 1.61. The van der Waals surface area contributed by atoms with Gasteiger partial charge in [-0.1, -0.05) is 6.07 Å². The van der Waals surface area contributed by atoms with Gasteiger partial charge in [-0.05, 0) is 43.7 Å². The topological polar surface area (TPSA) is 96.2 Å². The number of pyridine rings is 1. The van der Waals surface area contributed by atoms with Crippen LogP contribution >= 0.6 is 0 Å². The van der Waals surface area contributed by atoms with E-state index < -0.39 is 29.6 Å². The molecular weight excluding hydrogens is 394 g/mol. The van der Waals surface area contributed by atoms with Crippen molar-refractivity contribution >= 4 is 23.3 Å². The van der Waals surface area contributed by atoms with Gasteiger partial charge in [0.25, 0.3) is 11.8 Å². The third-order valence-corrected chi connectivity index (χ3v) is 4.82. The number of halogens is 2. The van der Waals surface area contributed by atoms with Crippen LogP contribution in [0.5, 0.6) is 0 Å². The lowest BCUT2D eigenvalue weighted by molar-refractivity contribution is -0.124. The monoisotopic (exact) mass is 414 g/mol. The van der Waals surface area contributed by atoms with Crippen molar-refractivity contribution in [3.63, 3.8) is 0 Å². The first-order chi connectivity index (χ1) is 14.2. The lowest BCUT2D eigenvalue weighted by atomic mass is 10.0. The molecule has 0 saturated carbocycles. The first kappa shape index (κ1) is 21.1. The van der Waals surface area contributed by atoms with E-state index in [9.17, 15) is 23.5 Å². The summed E-state index contributed by atoms with van der Waals surface area (Å²) >= 11 is 0. The van der Waals surface area contributed by atoms with Crippen molar-refractivity contribution in [1.82, 2.24) is 9.55 Å². The minimum atomic E-state index is -1.54. The highest BCUT2D eigenvalue weighted by Gasteiger charge is 2.29. The van der Waals surface area contributed by atoms with Gasteiger partial charge >= 0.3 is 0 Å². The number of nitrogens with zero attached hydrogens (tertiary/aromatic N) is 2. The number of anilines is 2. The zero-order valence-electron chi connectivity index (χ0n) is 16.5. The molecule has 7 nitrogen and oxygen atoms in total. The Hall–Kier alpha value is -3.59. The van der Waals surface area contributed by atoms with Gasteiger partial charge in [-0.25, -0.2) is 13.8 Å². The maximum atomic E-state index is 13.4. The molecule has 3 N–H and O–H groups in total. The van der Waals surface area contributed by atoms with Gasteiger partial charge in [0.1, 0.15) is 11.5 Å². The Morgan fingerprint density at radius 3 is 2.47 bits per heavy atom. The third-order valence-electron chi connectivity index (χ3n) is 4.82. The molecule has 0 spiro atoms. The van der Waals surface area contributed by atoms with Crippen molar-refractivity contribution in [3.05, 3.63) is 76.7 Å². The number of rotatable bonds is 5. The van der Waals surface area contributed by atoms with Gasteiger partial charge in [0.05, 0.1) is 0 Å². The van der Waals surface area contributed by atoms with Crippen molar-refractivity contribution in [1.29, 1.82) is 0 Å². The number of aliphatic hydroxyl groups is 1. The van der Waals surface area contributed by atoms with Crippen LogP contribution in [-0.4, -0.2) is 26.5 Å². The second-order valence-electron chi connectivity index (χ2n) is 6.72. The van der Waals surface area contributed by atoms with E-state index in [1.54, 1.807) is 39.1 Å². The molecule has 9 heteroatoms. The molecule has 2 aromatic heterocycles. The normalized spacial score (nSPS) is 11.8. The molecule has 0 aliphatic rings. The Morgan fingerprint density at radius 2 is 1.83 bits per heavy atom. The molecule has 0 bridgehead atoms. The average molecular weight is 414 g/mol. The zero-order chi connectivity index (χ0) is 22.0. The SMILES string of the molecule is Cc1c(C(O)C(=O)Nc2ccccn2)c(C)n(C)c1C(=O)Nc1ccc(F)c(F)c1. The first-order valence-corrected chi connectivity index (χ1v) is 9.02. The molecule has 0 aliphatic heterocycles. The van der Waals surface area contributed by atoms with E-state index in [0.717, 1.165) is 12.1 Å². The van der Waals surface area contributed by atoms with Crippen LogP contribution in [-0.2, 0) is 11.8 Å². The highest BCUT2D eigenvalue weighted by molar-refractivity contribution is 6.05. The smallest absolute Gasteiger partial charge is 0.272 e. The van der Waals surface area contributed by atoms with E-state index in [2.05, 4.69) is 15.6 Å². The standard InChI is InChI=1S/C21H20F2N4O3/c1-11-17(19(28)21(30)26-16-6-4-5-9-24-16)12(2)27(3)18(11)20(29)25-13-7-8-14(22)15(23)10-13/h4-10,19,28H,1-3H3,(H,25,29)(H,24,26,30). The third kappa shape index (κ3) is 4.06. The molecule has 0 fully saturated rings. The summed E-state index contributed by atoms with van der Waals surface area (Å²) in [5, 5.41) is 15.6. The largest absolute Gasteiger partial charge is 0.378 e. The molecule has 156 valence electrons. The Balaban J connectivity index is 1.87. The summed E-state index contributed by atoms with van der Waals surface area (Å²) in [6.45, 7) is 3.26. The number of hydrogen-bond acceptors (Lipinski definition) is 4.